The molecule has 2 aliphatic rings. The van der Waals surface area contributed by atoms with Gasteiger partial charge >= 0.3 is 5.97 Å². The summed E-state index contributed by atoms with van der Waals surface area (Å²) in [5, 5.41) is 8.19. The summed E-state index contributed by atoms with van der Waals surface area (Å²) in [6.07, 6.45) is 2.11. The summed E-state index contributed by atoms with van der Waals surface area (Å²) in [6, 6.07) is 5.77. The molecule has 33 heavy (non-hydrogen) atoms. The van der Waals surface area contributed by atoms with E-state index in [9.17, 15) is 4.79 Å². The summed E-state index contributed by atoms with van der Waals surface area (Å²) in [7, 11) is 4.71. The molecule has 2 aromatic rings. The van der Waals surface area contributed by atoms with Gasteiger partial charge < -0.3 is 23.7 Å². The van der Waals surface area contributed by atoms with Crippen molar-refractivity contribution in [1.82, 2.24) is 10.2 Å². The molecule has 1 saturated carbocycles. The summed E-state index contributed by atoms with van der Waals surface area (Å²) < 4.78 is 27.9. The number of aromatic nitrogens is 2. The Hall–Kier alpha value is -3.36. The Balaban J connectivity index is 1.88. The summed E-state index contributed by atoms with van der Waals surface area (Å²) in [5.74, 6) is 1.83. The van der Waals surface area contributed by atoms with Crippen molar-refractivity contribution in [2.45, 2.75) is 51.2 Å². The van der Waals surface area contributed by atoms with Crippen LogP contribution >= 0.6 is 0 Å². The number of esters is 1. The van der Waals surface area contributed by atoms with Crippen LogP contribution < -0.4 is 18.9 Å². The third-order valence-corrected chi connectivity index (χ3v) is 6.08. The minimum absolute atomic E-state index is 0.0195. The molecule has 4 rings (SSSR count). The molecule has 1 aromatic carbocycles. The fraction of sp³-hybridized carbons (Fsp3) is 0.500. The maximum atomic E-state index is 11.6. The van der Waals surface area contributed by atoms with Crippen LogP contribution in [-0.4, -0.2) is 62.0 Å². The Morgan fingerprint density at radius 1 is 1.00 bits per heavy atom. The van der Waals surface area contributed by atoms with Crippen LogP contribution in [0, 0.1) is 0 Å². The van der Waals surface area contributed by atoms with E-state index in [0.29, 0.717) is 41.9 Å². The van der Waals surface area contributed by atoms with Crippen molar-refractivity contribution >= 4 is 11.7 Å². The summed E-state index contributed by atoms with van der Waals surface area (Å²) >= 11 is 0. The standard InChI is InChI=1S/C24H29N3O6/c1-6-32-21-10-15-16-9-14(33-13(2)28)7-8-19(16)25-23(17(15)11-20(21)29-3)18-12-22(30-4)26-27-24(18)31-5/h10-12,14,16,19H,6-9H2,1-5H3/t14-,16-,19-/m1/s1. The number of nitrogens with zero attached hydrogens (tertiary/aromatic N) is 3. The molecule has 176 valence electrons. The Bertz CT molecular complexity index is 1070. The normalized spacial score (nSPS) is 21.2. The van der Waals surface area contributed by atoms with Gasteiger partial charge in [0.15, 0.2) is 11.5 Å². The highest BCUT2D eigenvalue weighted by Crippen LogP contribution is 2.46. The fourth-order valence-corrected chi connectivity index (χ4v) is 4.69. The van der Waals surface area contributed by atoms with E-state index >= 15 is 0 Å². The van der Waals surface area contributed by atoms with Crippen molar-refractivity contribution in [1.29, 1.82) is 0 Å². The molecule has 1 aliphatic carbocycles. The number of rotatable bonds is 7. The van der Waals surface area contributed by atoms with Crippen LogP contribution in [0.2, 0.25) is 0 Å². The van der Waals surface area contributed by atoms with Crippen LogP contribution in [-0.2, 0) is 9.53 Å². The summed E-state index contributed by atoms with van der Waals surface area (Å²) in [4.78, 5) is 16.7. The highest BCUT2D eigenvalue weighted by atomic mass is 16.5. The van der Waals surface area contributed by atoms with Crippen LogP contribution in [0.15, 0.2) is 23.2 Å². The van der Waals surface area contributed by atoms with Gasteiger partial charge in [-0.3, -0.25) is 9.79 Å². The maximum absolute atomic E-state index is 11.6. The van der Waals surface area contributed by atoms with Crippen molar-refractivity contribution in [3.63, 3.8) is 0 Å². The molecule has 1 fully saturated rings. The Labute approximate surface area is 193 Å². The van der Waals surface area contributed by atoms with E-state index in [-0.39, 0.29) is 24.0 Å². The quantitative estimate of drug-likeness (QED) is 0.586. The first-order chi connectivity index (χ1) is 16.0. The third-order valence-electron chi connectivity index (χ3n) is 6.08. The molecule has 0 N–H and O–H groups in total. The van der Waals surface area contributed by atoms with Crippen molar-refractivity contribution < 1.29 is 28.5 Å². The molecular formula is C24H29N3O6. The molecule has 0 saturated heterocycles. The van der Waals surface area contributed by atoms with E-state index < -0.39 is 0 Å². The molecule has 0 bridgehead atoms. The molecule has 1 aliphatic heterocycles. The van der Waals surface area contributed by atoms with Crippen LogP contribution in [0.5, 0.6) is 23.3 Å². The molecule has 0 amide bonds. The lowest BCUT2D eigenvalue weighted by molar-refractivity contribution is -0.148. The molecule has 1 aromatic heterocycles. The van der Waals surface area contributed by atoms with E-state index in [1.54, 1.807) is 27.4 Å². The average Bonchev–Trinajstić information content (AvgIpc) is 2.82. The van der Waals surface area contributed by atoms with E-state index in [1.807, 2.05) is 19.1 Å². The van der Waals surface area contributed by atoms with E-state index in [0.717, 1.165) is 29.7 Å². The number of hydrogen-bond acceptors (Lipinski definition) is 9. The predicted octanol–water partition coefficient (Wildman–Crippen LogP) is 3.32. The molecular weight excluding hydrogens is 426 g/mol. The SMILES string of the molecule is CCOc1cc2c(cc1OC)C(c1cc(OC)nnc1OC)=N[C@@H]1CC[C@@H](OC(C)=O)C[C@H]21. The largest absolute Gasteiger partial charge is 0.493 e. The van der Waals surface area contributed by atoms with Crippen molar-refractivity contribution in [2.75, 3.05) is 27.9 Å². The Morgan fingerprint density at radius 3 is 2.48 bits per heavy atom. The Morgan fingerprint density at radius 2 is 1.82 bits per heavy atom. The number of fused-ring (bicyclic) bond motifs is 3. The zero-order valence-electron chi connectivity index (χ0n) is 19.6. The molecule has 0 spiro atoms. The number of benzene rings is 1. The molecule has 0 unspecified atom stereocenters. The second kappa shape index (κ2) is 9.64. The minimum atomic E-state index is -0.261. The van der Waals surface area contributed by atoms with Gasteiger partial charge in [-0.1, -0.05) is 0 Å². The minimum Gasteiger partial charge on any atom is -0.493 e. The average molecular weight is 456 g/mol. The fourth-order valence-electron chi connectivity index (χ4n) is 4.69. The van der Waals surface area contributed by atoms with Gasteiger partial charge in [-0.25, -0.2) is 0 Å². The van der Waals surface area contributed by atoms with Crippen molar-refractivity contribution in [3.8, 4) is 23.3 Å². The first kappa shape index (κ1) is 22.8. The van der Waals surface area contributed by atoms with Gasteiger partial charge in [0.25, 0.3) is 0 Å². The van der Waals surface area contributed by atoms with Crippen molar-refractivity contribution in [3.05, 3.63) is 34.9 Å². The monoisotopic (exact) mass is 455 g/mol. The first-order valence-electron chi connectivity index (χ1n) is 11.0. The van der Waals surface area contributed by atoms with Gasteiger partial charge in [-0.15, -0.1) is 10.2 Å². The van der Waals surface area contributed by atoms with Gasteiger partial charge in [0.1, 0.15) is 6.10 Å². The molecule has 0 radical (unpaired) electrons. The van der Waals surface area contributed by atoms with Gasteiger partial charge in [0.2, 0.25) is 11.8 Å². The highest BCUT2D eigenvalue weighted by molar-refractivity contribution is 6.16. The third kappa shape index (κ3) is 4.44. The second-order valence-electron chi connectivity index (χ2n) is 8.03. The first-order valence-corrected chi connectivity index (χ1v) is 11.0. The smallest absolute Gasteiger partial charge is 0.302 e. The lowest BCUT2D eigenvalue weighted by atomic mass is 9.74. The van der Waals surface area contributed by atoms with E-state index in [1.165, 1.54) is 6.92 Å². The lowest BCUT2D eigenvalue weighted by Gasteiger charge is -2.38. The Kier molecular flexibility index (Phi) is 6.67. The maximum Gasteiger partial charge on any atom is 0.302 e. The molecule has 3 atom stereocenters. The summed E-state index contributed by atoms with van der Waals surface area (Å²) in [6.45, 7) is 3.90. The predicted molar refractivity (Wildman–Crippen MR) is 121 cm³/mol. The van der Waals surface area contributed by atoms with Gasteiger partial charge in [0.05, 0.1) is 45.3 Å². The topological polar surface area (TPSA) is 101 Å². The van der Waals surface area contributed by atoms with Gasteiger partial charge in [-0.05, 0) is 43.9 Å². The number of methoxy groups -OCH3 is 3. The summed E-state index contributed by atoms with van der Waals surface area (Å²) in [5.41, 5.74) is 3.40. The zero-order valence-corrected chi connectivity index (χ0v) is 19.6. The number of ether oxygens (including phenoxy) is 5. The molecule has 2 heterocycles. The molecule has 9 heteroatoms. The number of hydrogen-bond donors (Lipinski definition) is 0. The van der Waals surface area contributed by atoms with Gasteiger partial charge in [0, 0.05) is 24.5 Å². The lowest BCUT2D eigenvalue weighted by Crippen LogP contribution is -2.36. The molecule has 9 nitrogen and oxygen atoms in total. The van der Waals surface area contributed by atoms with Crippen LogP contribution in [0.1, 0.15) is 55.7 Å². The second-order valence-corrected chi connectivity index (χ2v) is 8.03. The zero-order chi connectivity index (χ0) is 23.5. The number of carbonyl (C=O) groups excluding carboxylic acids is 1. The van der Waals surface area contributed by atoms with E-state index in [4.69, 9.17) is 28.7 Å². The highest BCUT2D eigenvalue weighted by Gasteiger charge is 2.39. The number of aliphatic imine (C=N–C) groups is 1. The van der Waals surface area contributed by atoms with Gasteiger partial charge in [-0.2, -0.15) is 0 Å². The van der Waals surface area contributed by atoms with Crippen LogP contribution in [0.4, 0.5) is 0 Å². The van der Waals surface area contributed by atoms with Crippen LogP contribution in [0.3, 0.4) is 0 Å². The number of carbonyl (C=O) groups is 1. The van der Waals surface area contributed by atoms with Crippen LogP contribution in [0.25, 0.3) is 0 Å². The van der Waals surface area contributed by atoms with Crippen molar-refractivity contribution in [2.24, 2.45) is 4.99 Å². The van der Waals surface area contributed by atoms with E-state index in [2.05, 4.69) is 10.2 Å².